The third-order valence-corrected chi connectivity index (χ3v) is 7.13. The molecule has 2 aliphatic rings. The first-order valence-corrected chi connectivity index (χ1v) is 11.2. The van der Waals surface area contributed by atoms with Gasteiger partial charge < -0.3 is 14.7 Å². The van der Waals surface area contributed by atoms with Gasteiger partial charge in [-0.25, -0.2) is 4.79 Å². The van der Waals surface area contributed by atoms with E-state index in [4.69, 9.17) is 11.6 Å². The van der Waals surface area contributed by atoms with Crippen LogP contribution in [0.5, 0.6) is 0 Å². The molecule has 9 heteroatoms. The Balaban J connectivity index is 1.39. The van der Waals surface area contributed by atoms with E-state index in [1.54, 1.807) is 20.2 Å². The lowest BCUT2D eigenvalue weighted by atomic mass is 10.0. The molecule has 0 spiro atoms. The molecule has 1 aliphatic heterocycles. The summed E-state index contributed by atoms with van der Waals surface area (Å²) in [7, 11) is 1.65. The van der Waals surface area contributed by atoms with Crippen LogP contribution in [0.3, 0.4) is 0 Å². The van der Waals surface area contributed by atoms with Crippen molar-refractivity contribution in [3.05, 3.63) is 47.2 Å². The predicted octanol–water partition coefficient (Wildman–Crippen LogP) is 3.25. The zero-order valence-electron chi connectivity index (χ0n) is 18.6. The molecule has 3 atom stereocenters. The number of rotatable bonds is 4. The van der Waals surface area contributed by atoms with Gasteiger partial charge >= 0.3 is 6.03 Å². The molecule has 1 aromatic heterocycles. The largest absolute Gasteiger partial charge is 0.344 e. The molecule has 4 rings (SSSR count). The van der Waals surface area contributed by atoms with Crippen molar-refractivity contribution < 1.29 is 14.4 Å². The van der Waals surface area contributed by atoms with Crippen molar-refractivity contribution in [3.8, 4) is 0 Å². The third kappa shape index (κ3) is 4.37. The third-order valence-electron chi connectivity index (χ3n) is 6.76. The Bertz CT molecular complexity index is 1020. The summed E-state index contributed by atoms with van der Waals surface area (Å²) in [6.07, 6.45) is 4.85. The molecule has 0 bridgehead atoms. The number of carbonyl (C=O) groups is 3. The second kappa shape index (κ2) is 8.94. The zero-order valence-corrected chi connectivity index (χ0v) is 19.3. The molecule has 1 aromatic carbocycles. The molecular formula is C23H28ClN5O3. The minimum absolute atomic E-state index is 0.0430. The highest BCUT2D eigenvalue weighted by Crippen LogP contribution is 2.41. The molecule has 8 nitrogen and oxygen atoms in total. The second-order valence-corrected chi connectivity index (χ2v) is 9.20. The number of nitrogens with zero attached hydrogens (tertiary/aromatic N) is 5. The summed E-state index contributed by atoms with van der Waals surface area (Å²) in [5, 5.41) is 4.81. The van der Waals surface area contributed by atoms with Crippen LogP contribution in [0.4, 0.5) is 10.5 Å². The lowest BCUT2D eigenvalue weighted by Gasteiger charge is -2.30. The van der Waals surface area contributed by atoms with Crippen LogP contribution in [0, 0.1) is 11.8 Å². The molecular weight excluding hydrogens is 430 g/mol. The van der Waals surface area contributed by atoms with Crippen LogP contribution in [0.15, 0.2) is 36.7 Å². The number of amides is 3. The van der Waals surface area contributed by atoms with E-state index < -0.39 is 0 Å². The minimum atomic E-state index is -0.182. The summed E-state index contributed by atoms with van der Waals surface area (Å²) in [6.45, 7) is 4.87. The minimum Gasteiger partial charge on any atom is -0.336 e. The van der Waals surface area contributed by atoms with Crippen molar-refractivity contribution in [2.75, 3.05) is 25.0 Å². The molecule has 1 aliphatic carbocycles. The number of carbonyl (C=O) groups excluding carboxylic acids is 3. The standard InChI is InChI=1S/C23H28ClN5O3/c1-15(30)26(3)21-10-25-29(14-21)23(32)27-11-18-8-20(9-19(18)12-27)28(16(2)31)13-17-6-4-5-7-22(17)24/h4-7,10,14,18-20H,8-9,11-13H2,1-3H3/t18-,19+,20-. The first kappa shape index (κ1) is 22.3. The maximum atomic E-state index is 12.9. The van der Waals surface area contributed by atoms with E-state index in [9.17, 15) is 14.4 Å². The fourth-order valence-corrected chi connectivity index (χ4v) is 5.10. The Kier molecular flexibility index (Phi) is 6.24. The molecule has 170 valence electrons. The first-order chi connectivity index (χ1) is 15.2. The summed E-state index contributed by atoms with van der Waals surface area (Å²) >= 11 is 6.31. The summed E-state index contributed by atoms with van der Waals surface area (Å²) in [4.78, 5) is 42.1. The molecule has 2 fully saturated rings. The van der Waals surface area contributed by atoms with Crippen molar-refractivity contribution in [2.24, 2.45) is 11.8 Å². The topological polar surface area (TPSA) is 78.8 Å². The van der Waals surface area contributed by atoms with Gasteiger partial charge in [-0.15, -0.1) is 0 Å². The van der Waals surface area contributed by atoms with Gasteiger partial charge in [-0.1, -0.05) is 29.8 Å². The van der Waals surface area contributed by atoms with E-state index in [1.165, 1.54) is 22.7 Å². The Morgan fingerprint density at radius 3 is 2.34 bits per heavy atom. The van der Waals surface area contributed by atoms with E-state index in [-0.39, 0.29) is 23.9 Å². The number of fused-ring (bicyclic) bond motifs is 1. The van der Waals surface area contributed by atoms with E-state index >= 15 is 0 Å². The lowest BCUT2D eigenvalue weighted by Crippen LogP contribution is -2.39. The average Bonchev–Trinajstić information content (AvgIpc) is 3.46. The summed E-state index contributed by atoms with van der Waals surface area (Å²) in [5.74, 6) is 0.631. The van der Waals surface area contributed by atoms with Gasteiger partial charge in [0.25, 0.3) is 0 Å². The number of likely N-dealkylation sites (tertiary alicyclic amines) is 1. The molecule has 1 saturated heterocycles. The van der Waals surface area contributed by atoms with Gasteiger partial charge in [0, 0.05) is 51.6 Å². The maximum absolute atomic E-state index is 12.9. The predicted molar refractivity (Wildman–Crippen MR) is 121 cm³/mol. The van der Waals surface area contributed by atoms with Gasteiger partial charge in [-0.05, 0) is 36.3 Å². The van der Waals surface area contributed by atoms with Crippen LogP contribution >= 0.6 is 11.6 Å². The second-order valence-electron chi connectivity index (χ2n) is 8.79. The monoisotopic (exact) mass is 457 g/mol. The van der Waals surface area contributed by atoms with Crippen molar-refractivity contribution in [1.82, 2.24) is 19.6 Å². The quantitative estimate of drug-likeness (QED) is 0.706. The van der Waals surface area contributed by atoms with Crippen LogP contribution in [-0.4, -0.2) is 63.6 Å². The number of aromatic nitrogens is 2. The highest BCUT2D eigenvalue weighted by Gasteiger charge is 2.45. The Labute approximate surface area is 192 Å². The van der Waals surface area contributed by atoms with Crippen molar-refractivity contribution in [3.63, 3.8) is 0 Å². The first-order valence-electron chi connectivity index (χ1n) is 10.8. The fourth-order valence-electron chi connectivity index (χ4n) is 4.90. The van der Waals surface area contributed by atoms with E-state index in [0.29, 0.717) is 42.2 Å². The fraction of sp³-hybridized carbons (Fsp3) is 0.478. The molecule has 32 heavy (non-hydrogen) atoms. The molecule has 1 saturated carbocycles. The van der Waals surface area contributed by atoms with Gasteiger partial charge in [0.05, 0.1) is 18.1 Å². The summed E-state index contributed by atoms with van der Waals surface area (Å²) in [5.41, 5.74) is 1.53. The smallest absolute Gasteiger partial charge is 0.336 e. The van der Waals surface area contributed by atoms with Gasteiger partial charge in [0.15, 0.2) is 0 Å². The number of halogens is 1. The number of hydrogen-bond acceptors (Lipinski definition) is 4. The van der Waals surface area contributed by atoms with E-state index in [0.717, 1.165) is 18.4 Å². The summed E-state index contributed by atoms with van der Waals surface area (Å²) < 4.78 is 1.30. The van der Waals surface area contributed by atoms with Crippen molar-refractivity contribution in [2.45, 2.75) is 39.3 Å². The lowest BCUT2D eigenvalue weighted by molar-refractivity contribution is -0.131. The van der Waals surface area contributed by atoms with Gasteiger partial charge in [-0.3, -0.25) is 9.59 Å². The highest BCUT2D eigenvalue weighted by molar-refractivity contribution is 6.31. The number of anilines is 1. The molecule has 3 amide bonds. The van der Waals surface area contributed by atoms with Crippen LogP contribution in [0.2, 0.25) is 5.02 Å². The zero-order chi connectivity index (χ0) is 23.0. The van der Waals surface area contributed by atoms with Crippen LogP contribution < -0.4 is 4.90 Å². The maximum Gasteiger partial charge on any atom is 0.344 e. The molecule has 0 radical (unpaired) electrons. The Morgan fingerprint density at radius 1 is 1.09 bits per heavy atom. The van der Waals surface area contributed by atoms with Crippen LogP contribution in [0.1, 0.15) is 32.3 Å². The molecule has 0 N–H and O–H groups in total. The number of benzene rings is 1. The molecule has 0 unspecified atom stereocenters. The van der Waals surface area contributed by atoms with E-state index in [1.807, 2.05) is 34.1 Å². The normalized spacial score (nSPS) is 22.0. The Hall–Kier alpha value is -2.87. The van der Waals surface area contributed by atoms with Gasteiger partial charge in [0.2, 0.25) is 11.8 Å². The van der Waals surface area contributed by atoms with Gasteiger partial charge in [-0.2, -0.15) is 9.78 Å². The van der Waals surface area contributed by atoms with Crippen molar-refractivity contribution in [1.29, 1.82) is 0 Å². The SMILES string of the molecule is CC(=O)N(C)c1cnn(C(=O)N2C[C@H]3C[C@@H](N(Cc4ccccc4Cl)C(C)=O)C[C@H]3C2)c1. The number of hydrogen-bond donors (Lipinski definition) is 0. The Morgan fingerprint density at radius 2 is 1.75 bits per heavy atom. The average molecular weight is 458 g/mol. The molecule has 2 aromatic rings. The molecule has 2 heterocycles. The van der Waals surface area contributed by atoms with E-state index in [2.05, 4.69) is 5.10 Å². The highest BCUT2D eigenvalue weighted by atomic mass is 35.5. The van der Waals surface area contributed by atoms with Gasteiger partial charge in [0.1, 0.15) is 0 Å². The van der Waals surface area contributed by atoms with Crippen molar-refractivity contribution >= 4 is 35.1 Å². The van der Waals surface area contributed by atoms with Crippen LogP contribution in [-0.2, 0) is 16.1 Å². The summed E-state index contributed by atoms with van der Waals surface area (Å²) in [6, 6.07) is 7.58. The van der Waals surface area contributed by atoms with Crippen LogP contribution in [0.25, 0.3) is 0 Å².